The number of benzene rings is 1. The van der Waals surface area contributed by atoms with E-state index in [0.29, 0.717) is 17.7 Å². The van der Waals surface area contributed by atoms with E-state index in [1.807, 2.05) is 0 Å². The van der Waals surface area contributed by atoms with Crippen LogP contribution in [-0.2, 0) is 16.0 Å². The molecule has 2 amide bonds. The summed E-state index contributed by atoms with van der Waals surface area (Å²) >= 11 is 0. The van der Waals surface area contributed by atoms with Gasteiger partial charge in [0.15, 0.2) is 0 Å². The standard InChI is InChI=1S/C13H14N2O4/c1-7(4-12(17)18)14-13(19)9-3-2-8-6-11(16)15-10(8)5-9/h2-3,5,7H,4,6H2,1H3,(H,14,19)(H,15,16)(H,17,18). The summed E-state index contributed by atoms with van der Waals surface area (Å²) in [4.78, 5) is 33.6. The third kappa shape index (κ3) is 3.09. The maximum Gasteiger partial charge on any atom is 0.305 e. The number of fused-ring (bicyclic) bond motifs is 1. The Bertz CT molecular complexity index is 554. The predicted octanol–water partition coefficient (Wildman–Crippen LogP) is 0.774. The van der Waals surface area contributed by atoms with Gasteiger partial charge in [-0.3, -0.25) is 14.4 Å². The van der Waals surface area contributed by atoms with Gasteiger partial charge in [-0.05, 0) is 24.6 Å². The summed E-state index contributed by atoms with van der Waals surface area (Å²) in [7, 11) is 0. The SMILES string of the molecule is CC(CC(=O)O)NC(=O)c1ccc2c(c1)NC(=O)C2. The molecule has 1 aromatic carbocycles. The number of hydrogen-bond acceptors (Lipinski definition) is 3. The number of hydrogen-bond donors (Lipinski definition) is 3. The van der Waals surface area contributed by atoms with Gasteiger partial charge in [0, 0.05) is 17.3 Å². The number of aliphatic carboxylic acids is 1. The second kappa shape index (κ2) is 5.09. The van der Waals surface area contributed by atoms with Crippen molar-refractivity contribution in [1.29, 1.82) is 0 Å². The van der Waals surface area contributed by atoms with Crippen molar-refractivity contribution in [2.45, 2.75) is 25.8 Å². The molecule has 3 N–H and O–H groups in total. The van der Waals surface area contributed by atoms with E-state index in [-0.39, 0.29) is 18.2 Å². The van der Waals surface area contributed by atoms with Crippen LogP contribution in [0.25, 0.3) is 0 Å². The molecule has 1 aromatic rings. The highest BCUT2D eigenvalue weighted by atomic mass is 16.4. The van der Waals surface area contributed by atoms with Gasteiger partial charge in [0.05, 0.1) is 12.8 Å². The lowest BCUT2D eigenvalue weighted by atomic mass is 10.1. The van der Waals surface area contributed by atoms with Gasteiger partial charge in [-0.15, -0.1) is 0 Å². The Morgan fingerprint density at radius 3 is 2.89 bits per heavy atom. The van der Waals surface area contributed by atoms with Crippen LogP contribution in [0.5, 0.6) is 0 Å². The molecule has 0 radical (unpaired) electrons. The average Bonchev–Trinajstić information content (AvgIpc) is 2.66. The van der Waals surface area contributed by atoms with Crippen molar-refractivity contribution in [3.8, 4) is 0 Å². The molecule has 0 saturated carbocycles. The van der Waals surface area contributed by atoms with Crippen LogP contribution in [0.4, 0.5) is 5.69 Å². The van der Waals surface area contributed by atoms with Gasteiger partial charge in [-0.25, -0.2) is 0 Å². The molecule has 6 heteroatoms. The van der Waals surface area contributed by atoms with E-state index in [9.17, 15) is 14.4 Å². The highest BCUT2D eigenvalue weighted by Crippen LogP contribution is 2.23. The third-order valence-electron chi connectivity index (χ3n) is 2.86. The Balaban J connectivity index is 2.06. The topological polar surface area (TPSA) is 95.5 Å². The zero-order chi connectivity index (χ0) is 14.0. The fourth-order valence-corrected chi connectivity index (χ4v) is 1.98. The second-order valence-electron chi connectivity index (χ2n) is 4.57. The minimum Gasteiger partial charge on any atom is -0.481 e. The smallest absolute Gasteiger partial charge is 0.305 e. The monoisotopic (exact) mass is 262 g/mol. The van der Waals surface area contributed by atoms with E-state index in [4.69, 9.17) is 5.11 Å². The third-order valence-corrected chi connectivity index (χ3v) is 2.86. The van der Waals surface area contributed by atoms with Crippen LogP contribution in [0.2, 0.25) is 0 Å². The average molecular weight is 262 g/mol. The van der Waals surface area contributed by atoms with Gasteiger partial charge in [0.25, 0.3) is 5.91 Å². The number of anilines is 1. The molecule has 0 aliphatic carbocycles. The highest BCUT2D eigenvalue weighted by Gasteiger charge is 2.19. The lowest BCUT2D eigenvalue weighted by molar-refractivity contribution is -0.137. The van der Waals surface area contributed by atoms with Crippen molar-refractivity contribution in [3.05, 3.63) is 29.3 Å². The van der Waals surface area contributed by atoms with Crippen LogP contribution in [0.1, 0.15) is 29.3 Å². The zero-order valence-corrected chi connectivity index (χ0v) is 10.4. The van der Waals surface area contributed by atoms with Crippen molar-refractivity contribution in [3.63, 3.8) is 0 Å². The largest absolute Gasteiger partial charge is 0.481 e. The summed E-state index contributed by atoms with van der Waals surface area (Å²) < 4.78 is 0. The molecule has 0 spiro atoms. The molecular weight excluding hydrogens is 248 g/mol. The Morgan fingerprint density at radius 1 is 1.47 bits per heavy atom. The number of amides is 2. The first-order valence-corrected chi connectivity index (χ1v) is 5.91. The van der Waals surface area contributed by atoms with Gasteiger partial charge in [0.1, 0.15) is 0 Å². The van der Waals surface area contributed by atoms with Gasteiger partial charge in [-0.2, -0.15) is 0 Å². The van der Waals surface area contributed by atoms with E-state index < -0.39 is 12.0 Å². The highest BCUT2D eigenvalue weighted by molar-refractivity contribution is 6.02. The minimum absolute atomic E-state index is 0.0909. The molecule has 0 bridgehead atoms. The maximum absolute atomic E-state index is 11.9. The fourth-order valence-electron chi connectivity index (χ4n) is 1.98. The van der Waals surface area contributed by atoms with E-state index in [2.05, 4.69) is 10.6 Å². The lowest BCUT2D eigenvalue weighted by Gasteiger charge is -2.12. The molecular formula is C13H14N2O4. The summed E-state index contributed by atoms with van der Waals surface area (Å²) in [5.41, 5.74) is 1.90. The number of carbonyl (C=O) groups excluding carboxylic acids is 2. The van der Waals surface area contributed by atoms with Gasteiger partial charge in [0.2, 0.25) is 5.91 Å². The van der Waals surface area contributed by atoms with Crippen LogP contribution in [0.3, 0.4) is 0 Å². The van der Waals surface area contributed by atoms with Crippen molar-refractivity contribution in [1.82, 2.24) is 5.32 Å². The Morgan fingerprint density at radius 2 is 2.21 bits per heavy atom. The summed E-state index contributed by atoms with van der Waals surface area (Å²) in [6.45, 7) is 1.63. The number of nitrogens with one attached hydrogen (secondary N) is 2. The van der Waals surface area contributed by atoms with E-state index in [1.54, 1.807) is 25.1 Å². The fraction of sp³-hybridized carbons (Fsp3) is 0.308. The molecule has 1 heterocycles. The zero-order valence-electron chi connectivity index (χ0n) is 10.4. The van der Waals surface area contributed by atoms with Crippen molar-refractivity contribution in [2.24, 2.45) is 0 Å². The molecule has 100 valence electrons. The number of carboxylic acids is 1. The molecule has 1 aliphatic rings. The van der Waals surface area contributed by atoms with Crippen LogP contribution in [0.15, 0.2) is 18.2 Å². The molecule has 6 nitrogen and oxygen atoms in total. The Kier molecular flexibility index (Phi) is 3.50. The predicted molar refractivity (Wildman–Crippen MR) is 68.0 cm³/mol. The molecule has 1 atom stereocenters. The Hall–Kier alpha value is -2.37. The summed E-state index contributed by atoms with van der Waals surface area (Å²) in [6, 6.07) is 4.50. The van der Waals surface area contributed by atoms with Crippen LogP contribution < -0.4 is 10.6 Å². The number of carboxylic acid groups (broad SMARTS) is 1. The minimum atomic E-state index is -0.964. The summed E-state index contributed by atoms with van der Waals surface area (Å²) in [5.74, 6) is -1.40. The van der Waals surface area contributed by atoms with Crippen LogP contribution in [-0.4, -0.2) is 28.9 Å². The summed E-state index contributed by atoms with van der Waals surface area (Å²) in [5, 5.41) is 13.9. The van der Waals surface area contributed by atoms with Crippen LogP contribution in [0, 0.1) is 0 Å². The number of carbonyl (C=O) groups is 3. The summed E-state index contributed by atoms with van der Waals surface area (Å²) in [6.07, 6.45) is 0.195. The molecule has 1 unspecified atom stereocenters. The lowest BCUT2D eigenvalue weighted by Crippen LogP contribution is -2.34. The maximum atomic E-state index is 11.9. The molecule has 0 saturated heterocycles. The molecule has 2 rings (SSSR count). The first kappa shape index (κ1) is 13.1. The second-order valence-corrected chi connectivity index (χ2v) is 4.57. The molecule has 19 heavy (non-hydrogen) atoms. The van der Waals surface area contributed by atoms with Crippen molar-refractivity contribution < 1.29 is 19.5 Å². The van der Waals surface area contributed by atoms with Crippen molar-refractivity contribution >= 4 is 23.5 Å². The van der Waals surface area contributed by atoms with Crippen molar-refractivity contribution in [2.75, 3.05) is 5.32 Å². The van der Waals surface area contributed by atoms with Crippen LogP contribution >= 0.6 is 0 Å². The van der Waals surface area contributed by atoms with E-state index >= 15 is 0 Å². The first-order chi connectivity index (χ1) is 8.95. The number of rotatable bonds is 4. The molecule has 0 aromatic heterocycles. The van der Waals surface area contributed by atoms with E-state index in [1.165, 1.54) is 0 Å². The quantitative estimate of drug-likeness (QED) is 0.747. The first-order valence-electron chi connectivity index (χ1n) is 5.91. The normalized spacial score (nSPS) is 14.5. The van der Waals surface area contributed by atoms with Gasteiger partial charge < -0.3 is 15.7 Å². The van der Waals surface area contributed by atoms with E-state index in [0.717, 1.165) is 5.56 Å². The van der Waals surface area contributed by atoms with Gasteiger partial charge >= 0.3 is 5.97 Å². The van der Waals surface area contributed by atoms with Gasteiger partial charge in [-0.1, -0.05) is 6.07 Å². The molecule has 0 fully saturated rings. The molecule has 1 aliphatic heterocycles. The Labute approximate surface area is 109 Å².